The first-order valence-corrected chi connectivity index (χ1v) is 9.36. The Labute approximate surface area is 140 Å². The van der Waals surface area contributed by atoms with Gasteiger partial charge in [-0.3, -0.25) is 4.68 Å². The third-order valence-electron chi connectivity index (χ3n) is 3.96. The van der Waals surface area contributed by atoms with Crippen molar-refractivity contribution in [3.05, 3.63) is 29.3 Å². The van der Waals surface area contributed by atoms with E-state index in [1.165, 1.54) is 23.5 Å². The summed E-state index contributed by atoms with van der Waals surface area (Å²) in [4.78, 5) is 8.40. The van der Waals surface area contributed by atoms with E-state index < -0.39 is 10.0 Å². The third-order valence-corrected chi connectivity index (χ3v) is 5.43. The minimum absolute atomic E-state index is 0.00178. The molecular weight excluding hydrogens is 338 g/mol. The van der Waals surface area contributed by atoms with Crippen LogP contribution in [0, 0.1) is 0 Å². The van der Waals surface area contributed by atoms with Crippen LogP contribution in [0.1, 0.15) is 43.7 Å². The summed E-state index contributed by atoms with van der Waals surface area (Å²) in [5.74, 6) is 0.313. The first-order valence-electron chi connectivity index (χ1n) is 7.50. The van der Waals surface area contributed by atoms with Gasteiger partial charge in [0.05, 0.1) is 11.9 Å². The molecule has 0 atom stereocenters. The van der Waals surface area contributed by atoms with E-state index in [0.29, 0.717) is 5.92 Å². The van der Waals surface area contributed by atoms with Crippen LogP contribution in [0.2, 0.25) is 5.15 Å². The lowest BCUT2D eigenvalue weighted by Crippen LogP contribution is -2.16. The van der Waals surface area contributed by atoms with E-state index in [1.54, 1.807) is 13.1 Å². The average molecular weight is 356 g/mol. The number of aromatic nitrogens is 4. The fourth-order valence-electron chi connectivity index (χ4n) is 2.80. The van der Waals surface area contributed by atoms with Crippen molar-refractivity contribution in [2.75, 3.05) is 4.72 Å². The normalized spacial score (nSPS) is 16.4. The van der Waals surface area contributed by atoms with Crippen molar-refractivity contribution in [1.82, 2.24) is 19.7 Å². The van der Waals surface area contributed by atoms with Crippen molar-refractivity contribution in [3.8, 4) is 0 Å². The Bertz CT molecular complexity index is 799. The van der Waals surface area contributed by atoms with Gasteiger partial charge in [-0.25, -0.2) is 23.1 Å². The lowest BCUT2D eigenvalue weighted by Gasteiger charge is -2.21. The highest BCUT2D eigenvalue weighted by atomic mass is 35.5. The molecule has 2 heterocycles. The molecule has 1 fully saturated rings. The van der Waals surface area contributed by atoms with Crippen LogP contribution in [0.15, 0.2) is 23.4 Å². The van der Waals surface area contributed by atoms with Crippen molar-refractivity contribution in [3.63, 3.8) is 0 Å². The van der Waals surface area contributed by atoms with Crippen molar-refractivity contribution in [2.45, 2.75) is 42.9 Å². The number of sulfonamides is 1. The maximum Gasteiger partial charge on any atom is 0.267 e. The third kappa shape index (κ3) is 3.81. The fourth-order valence-corrected chi connectivity index (χ4v) is 3.92. The molecule has 1 saturated carbocycles. The number of anilines is 1. The smallest absolute Gasteiger partial charge is 0.267 e. The van der Waals surface area contributed by atoms with Crippen LogP contribution in [-0.2, 0) is 17.1 Å². The summed E-state index contributed by atoms with van der Waals surface area (Å²) >= 11 is 6.05. The molecule has 0 amide bonds. The van der Waals surface area contributed by atoms with E-state index in [1.807, 2.05) is 0 Å². The van der Waals surface area contributed by atoms with Gasteiger partial charge in [0.15, 0.2) is 0 Å². The van der Waals surface area contributed by atoms with Gasteiger partial charge in [0.1, 0.15) is 10.0 Å². The monoisotopic (exact) mass is 355 g/mol. The minimum atomic E-state index is -3.77. The number of hydrogen-bond acceptors (Lipinski definition) is 5. The van der Waals surface area contributed by atoms with Crippen LogP contribution < -0.4 is 4.72 Å². The van der Waals surface area contributed by atoms with Gasteiger partial charge in [0.2, 0.25) is 5.95 Å². The van der Waals surface area contributed by atoms with Gasteiger partial charge in [-0.15, -0.1) is 0 Å². The van der Waals surface area contributed by atoms with Gasteiger partial charge in [-0.2, -0.15) is 5.10 Å². The van der Waals surface area contributed by atoms with Gasteiger partial charge in [-0.05, 0) is 18.9 Å². The molecule has 1 aliphatic carbocycles. The molecule has 0 bridgehead atoms. The van der Waals surface area contributed by atoms with E-state index in [0.717, 1.165) is 31.4 Å². The summed E-state index contributed by atoms with van der Waals surface area (Å²) in [7, 11) is -2.12. The molecule has 0 aromatic carbocycles. The SMILES string of the molecule is Cn1cc(S(=O)(=O)Nc2nc(Cl)cc(C3CCCCC3)n2)cn1. The van der Waals surface area contributed by atoms with Crippen LogP contribution in [0.5, 0.6) is 0 Å². The van der Waals surface area contributed by atoms with E-state index in [2.05, 4.69) is 19.8 Å². The van der Waals surface area contributed by atoms with Crippen LogP contribution in [0.25, 0.3) is 0 Å². The van der Waals surface area contributed by atoms with Crippen molar-refractivity contribution in [2.24, 2.45) is 7.05 Å². The fraction of sp³-hybridized carbons (Fsp3) is 0.500. The summed E-state index contributed by atoms with van der Waals surface area (Å²) in [6.07, 6.45) is 8.32. The Balaban J connectivity index is 1.86. The zero-order valence-electron chi connectivity index (χ0n) is 12.7. The van der Waals surface area contributed by atoms with E-state index in [4.69, 9.17) is 11.6 Å². The van der Waals surface area contributed by atoms with Gasteiger partial charge in [0, 0.05) is 19.2 Å². The van der Waals surface area contributed by atoms with Crippen molar-refractivity contribution < 1.29 is 8.42 Å². The maximum atomic E-state index is 12.3. The van der Waals surface area contributed by atoms with Gasteiger partial charge < -0.3 is 0 Å². The summed E-state index contributed by atoms with van der Waals surface area (Å²) in [6, 6.07) is 1.72. The molecule has 124 valence electrons. The van der Waals surface area contributed by atoms with Gasteiger partial charge in [-0.1, -0.05) is 30.9 Å². The Morgan fingerprint density at radius 3 is 2.65 bits per heavy atom. The molecule has 0 spiro atoms. The Kier molecular flexibility index (Phi) is 4.54. The van der Waals surface area contributed by atoms with Crippen LogP contribution in [0.4, 0.5) is 5.95 Å². The number of halogens is 1. The molecule has 0 saturated heterocycles. The molecule has 2 aromatic heterocycles. The predicted octanol–water partition coefficient (Wildman–Crippen LogP) is 2.71. The van der Waals surface area contributed by atoms with Crippen molar-refractivity contribution >= 4 is 27.6 Å². The summed E-state index contributed by atoms with van der Waals surface area (Å²) in [6.45, 7) is 0. The van der Waals surface area contributed by atoms with E-state index in [9.17, 15) is 8.42 Å². The molecule has 0 unspecified atom stereocenters. The molecule has 1 aliphatic rings. The summed E-state index contributed by atoms with van der Waals surface area (Å²) < 4.78 is 28.5. The Morgan fingerprint density at radius 1 is 1.26 bits per heavy atom. The summed E-state index contributed by atoms with van der Waals surface area (Å²) in [5.41, 5.74) is 0.800. The highest BCUT2D eigenvalue weighted by Gasteiger charge is 2.21. The second-order valence-corrected chi connectivity index (χ2v) is 7.80. The second kappa shape index (κ2) is 6.45. The van der Waals surface area contributed by atoms with Crippen LogP contribution >= 0.6 is 11.6 Å². The molecule has 2 aromatic rings. The maximum absolute atomic E-state index is 12.3. The molecule has 3 rings (SSSR count). The first-order chi connectivity index (χ1) is 10.9. The van der Waals surface area contributed by atoms with E-state index >= 15 is 0 Å². The largest absolute Gasteiger partial charge is 0.274 e. The van der Waals surface area contributed by atoms with Crippen molar-refractivity contribution in [1.29, 1.82) is 0 Å². The van der Waals surface area contributed by atoms with Crippen LogP contribution in [-0.4, -0.2) is 28.2 Å². The highest BCUT2D eigenvalue weighted by molar-refractivity contribution is 7.92. The average Bonchev–Trinajstić information content (AvgIpc) is 2.95. The topological polar surface area (TPSA) is 89.8 Å². The molecule has 23 heavy (non-hydrogen) atoms. The second-order valence-electron chi connectivity index (χ2n) is 5.73. The zero-order chi connectivity index (χ0) is 16.4. The molecule has 7 nitrogen and oxygen atoms in total. The minimum Gasteiger partial charge on any atom is -0.274 e. The lowest BCUT2D eigenvalue weighted by molar-refractivity contribution is 0.436. The molecule has 9 heteroatoms. The number of aryl methyl sites for hydroxylation is 1. The first kappa shape index (κ1) is 16.2. The number of hydrogen-bond donors (Lipinski definition) is 1. The number of rotatable bonds is 4. The Morgan fingerprint density at radius 2 is 2.00 bits per heavy atom. The zero-order valence-corrected chi connectivity index (χ0v) is 14.3. The quantitative estimate of drug-likeness (QED) is 0.851. The molecule has 0 aliphatic heterocycles. The van der Waals surface area contributed by atoms with E-state index in [-0.39, 0.29) is 16.0 Å². The molecule has 1 N–H and O–H groups in total. The van der Waals surface area contributed by atoms with Crippen LogP contribution in [0.3, 0.4) is 0 Å². The van der Waals surface area contributed by atoms with Gasteiger partial charge in [0.25, 0.3) is 10.0 Å². The standard InChI is InChI=1S/C14H18ClN5O2S/c1-20-9-11(8-16-20)23(21,22)19-14-17-12(7-13(15)18-14)10-5-3-2-4-6-10/h7-10H,2-6H2,1H3,(H,17,18,19). The molecule has 0 radical (unpaired) electrons. The van der Waals surface area contributed by atoms with Gasteiger partial charge >= 0.3 is 0 Å². The lowest BCUT2D eigenvalue weighted by atomic mass is 9.87. The molecular formula is C14H18ClN5O2S. The summed E-state index contributed by atoms with van der Waals surface area (Å²) in [5, 5.41) is 4.10. The number of nitrogens with one attached hydrogen (secondary N) is 1. The Hall–Kier alpha value is -1.67. The number of nitrogens with zero attached hydrogens (tertiary/aromatic N) is 4. The highest BCUT2D eigenvalue weighted by Crippen LogP contribution is 2.32. The predicted molar refractivity (Wildman–Crippen MR) is 86.9 cm³/mol.